The molecule has 0 fully saturated rings. The van der Waals surface area contributed by atoms with E-state index in [0.29, 0.717) is 22.5 Å². The molecule has 33 heavy (non-hydrogen) atoms. The summed E-state index contributed by atoms with van der Waals surface area (Å²) in [5, 5.41) is 19.3. The topological polar surface area (TPSA) is 106 Å². The van der Waals surface area contributed by atoms with Gasteiger partial charge in [-0.2, -0.15) is 10.2 Å². The van der Waals surface area contributed by atoms with E-state index in [1.807, 2.05) is 24.3 Å². The van der Waals surface area contributed by atoms with Crippen LogP contribution >= 0.6 is 0 Å². The van der Waals surface area contributed by atoms with Gasteiger partial charge in [-0.25, -0.2) is 10.2 Å². The number of hydrazone groups is 1. The van der Waals surface area contributed by atoms with E-state index in [9.17, 15) is 14.7 Å². The first kappa shape index (κ1) is 23.7. The smallest absolute Gasteiger partial charge is 0.337 e. The first-order valence-corrected chi connectivity index (χ1v) is 10.4. The maximum Gasteiger partial charge on any atom is 0.337 e. The van der Waals surface area contributed by atoms with Crippen molar-refractivity contribution >= 4 is 17.6 Å². The first-order chi connectivity index (χ1) is 15.5. The Hall–Kier alpha value is -3.94. The monoisotopic (exact) mass is 448 g/mol. The molecular weight excluding hydrogens is 420 g/mol. The Morgan fingerprint density at radius 3 is 2.15 bits per heavy atom. The normalized spacial score (nSPS) is 11.9. The quantitative estimate of drug-likeness (QED) is 0.348. The van der Waals surface area contributed by atoms with Crippen molar-refractivity contribution in [1.82, 2.24) is 15.2 Å². The molecule has 0 unspecified atom stereocenters. The summed E-state index contributed by atoms with van der Waals surface area (Å²) in [7, 11) is 3.03. The largest absolute Gasteiger partial charge is 0.504 e. The Kier molecular flexibility index (Phi) is 6.67. The number of hydrogen-bond donors (Lipinski definition) is 2. The third kappa shape index (κ3) is 5.11. The van der Waals surface area contributed by atoms with Gasteiger partial charge in [-0.3, -0.25) is 9.48 Å². The van der Waals surface area contributed by atoms with Crippen molar-refractivity contribution in [3.05, 3.63) is 70.9 Å². The van der Waals surface area contributed by atoms with Gasteiger partial charge in [0.2, 0.25) is 0 Å². The molecule has 2 aromatic carbocycles. The van der Waals surface area contributed by atoms with E-state index in [1.165, 1.54) is 36.9 Å². The number of aryl methyl sites for hydroxylation is 1. The van der Waals surface area contributed by atoms with Gasteiger partial charge in [0.05, 0.1) is 18.4 Å². The van der Waals surface area contributed by atoms with Crippen molar-refractivity contribution < 1.29 is 19.4 Å². The van der Waals surface area contributed by atoms with Crippen LogP contribution in [0.5, 0.6) is 5.75 Å². The number of hydrogen-bond acceptors (Lipinski definition) is 6. The van der Waals surface area contributed by atoms with E-state index in [-0.39, 0.29) is 16.9 Å². The minimum absolute atomic E-state index is 0.0149. The summed E-state index contributed by atoms with van der Waals surface area (Å²) in [6, 6.07) is 14.0. The van der Waals surface area contributed by atoms with Crippen LogP contribution in [-0.2, 0) is 17.2 Å². The Labute approximate surface area is 192 Å². The van der Waals surface area contributed by atoms with Crippen molar-refractivity contribution in [2.75, 3.05) is 7.11 Å². The number of ether oxygens (including phenoxy) is 1. The Bertz CT molecular complexity index is 1200. The highest BCUT2D eigenvalue weighted by Crippen LogP contribution is 2.33. The minimum Gasteiger partial charge on any atom is -0.504 e. The molecule has 1 aromatic heterocycles. The average molecular weight is 449 g/mol. The second-order valence-corrected chi connectivity index (χ2v) is 8.70. The van der Waals surface area contributed by atoms with Crippen molar-refractivity contribution in [1.29, 1.82) is 0 Å². The molecule has 0 aliphatic carbocycles. The number of aromatic hydroxyl groups is 1. The summed E-state index contributed by atoms with van der Waals surface area (Å²) in [6.45, 7) is 8.07. The highest BCUT2D eigenvalue weighted by molar-refractivity contribution is 6.02. The summed E-state index contributed by atoms with van der Waals surface area (Å²) >= 11 is 0. The molecule has 0 atom stereocenters. The Morgan fingerprint density at radius 2 is 1.61 bits per heavy atom. The van der Waals surface area contributed by atoms with Gasteiger partial charge in [0.15, 0.2) is 11.4 Å². The number of nitrogens with one attached hydrogen (secondary N) is 1. The number of carbonyl (C=O) groups excluding carboxylic acids is 2. The molecule has 1 heterocycles. The Balaban J connectivity index is 1.80. The molecule has 0 saturated carbocycles. The molecule has 2 N–H and O–H groups in total. The second-order valence-electron chi connectivity index (χ2n) is 8.70. The molecule has 0 aliphatic rings. The third-order valence-electron chi connectivity index (χ3n) is 5.28. The highest BCUT2D eigenvalue weighted by Gasteiger charge is 2.20. The fraction of sp³-hybridized carbons (Fsp3) is 0.280. The lowest BCUT2D eigenvalue weighted by Gasteiger charge is -2.19. The van der Waals surface area contributed by atoms with Crippen LogP contribution in [-0.4, -0.2) is 39.6 Å². The van der Waals surface area contributed by atoms with Gasteiger partial charge in [-0.05, 0) is 42.2 Å². The molecule has 3 aromatic rings. The highest BCUT2D eigenvalue weighted by atomic mass is 16.5. The SMILES string of the molecule is COC(=O)c1ccc(C(=O)N/N=C(/C)c2nn(C)c(-c3ccc(C(C)(C)C)cc3)c2O)cc1. The first-order valence-electron chi connectivity index (χ1n) is 10.4. The lowest BCUT2D eigenvalue weighted by Crippen LogP contribution is -2.19. The van der Waals surface area contributed by atoms with Crippen LogP contribution in [0.15, 0.2) is 53.6 Å². The number of carbonyl (C=O) groups is 2. The summed E-state index contributed by atoms with van der Waals surface area (Å²) in [5.74, 6) is -0.955. The molecule has 8 nitrogen and oxygen atoms in total. The van der Waals surface area contributed by atoms with E-state index in [4.69, 9.17) is 0 Å². The number of benzene rings is 2. The zero-order valence-corrected chi connectivity index (χ0v) is 19.6. The van der Waals surface area contributed by atoms with Crippen molar-refractivity contribution in [2.45, 2.75) is 33.1 Å². The van der Waals surface area contributed by atoms with Crippen LogP contribution in [0.2, 0.25) is 0 Å². The molecule has 3 rings (SSSR count). The predicted molar refractivity (Wildman–Crippen MR) is 126 cm³/mol. The van der Waals surface area contributed by atoms with Crippen molar-refractivity contribution in [3.8, 4) is 17.0 Å². The molecule has 0 aliphatic heterocycles. The van der Waals surface area contributed by atoms with Crippen LogP contribution in [0.25, 0.3) is 11.3 Å². The molecular formula is C25H28N4O4. The van der Waals surface area contributed by atoms with Gasteiger partial charge in [0.25, 0.3) is 5.91 Å². The summed E-state index contributed by atoms with van der Waals surface area (Å²) < 4.78 is 6.23. The summed E-state index contributed by atoms with van der Waals surface area (Å²) in [6.07, 6.45) is 0. The second kappa shape index (κ2) is 9.28. The zero-order valence-electron chi connectivity index (χ0n) is 19.6. The molecule has 0 bridgehead atoms. The number of amides is 1. The zero-order chi connectivity index (χ0) is 24.3. The number of aromatic nitrogens is 2. The maximum atomic E-state index is 12.4. The third-order valence-corrected chi connectivity index (χ3v) is 5.28. The van der Waals surface area contributed by atoms with E-state index in [2.05, 4.69) is 41.1 Å². The van der Waals surface area contributed by atoms with Gasteiger partial charge in [-0.15, -0.1) is 0 Å². The molecule has 0 spiro atoms. The number of esters is 1. The maximum absolute atomic E-state index is 12.4. The van der Waals surface area contributed by atoms with Crippen LogP contribution in [0.1, 0.15) is 59.7 Å². The van der Waals surface area contributed by atoms with Crippen LogP contribution < -0.4 is 5.43 Å². The Morgan fingerprint density at radius 1 is 1.03 bits per heavy atom. The van der Waals surface area contributed by atoms with Crippen LogP contribution in [0.4, 0.5) is 0 Å². The summed E-state index contributed by atoms with van der Waals surface area (Å²) in [4.78, 5) is 23.9. The minimum atomic E-state index is -0.481. The van der Waals surface area contributed by atoms with Crippen LogP contribution in [0.3, 0.4) is 0 Å². The van der Waals surface area contributed by atoms with Crippen LogP contribution in [0, 0.1) is 0 Å². The van der Waals surface area contributed by atoms with E-state index < -0.39 is 11.9 Å². The molecule has 172 valence electrons. The summed E-state index contributed by atoms with van der Waals surface area (Å²) in [5.41, 5.74) is 6.34. The van der Waals surface area contributed by atoms with Gasteiger partial charge < -0.3 is 9.84 Å². The predicted octanol–water partition coefficient (Wildman–Crippen LogP) is 4.03. The fourth-order valence-corrected chi connectivity index (χ4v) is 3.34. The lowest BCUT2D eigenvalue weighted by molar-refractivity contribution is 0.0600. The number of nitrogens with zero attached hydrogens (tertiary/aromatic N) is 3. The van der Waals surface area contributed by atoms with E-state index in [1.54, 1.807) is 18.7 Å². The molecule has 1 amide bonds. The number of methoxy groups -OCH3 is 1. The molecule has 0 radical (unpaired) electrons. The van der Waals surface area contributed by atoms with Gasteiger partial charge in [-0.1, -0.05) is 45.0 Å². The number of rotatable bonds is 5. The standard InChI is InChI=1S/C25H28N4O4/c1-15(26-27-23(31)17-7-9-18(10-8-17)24(32)33-6)20-22(30)21(29(5)28-20)16-11-13-19(14-12-16)25(2,3)4/h7-14,30H,1-6H3,(H,27,31)/b26-15-. The van der Waals surface area contributed by atoms with Crippen molar-refractivity contribution in [2.24, 2.45) is 12.1 Å². The van der Waals surface area contributed by atoms with E-state index in [0.717, 1.165) is 5.56 Å². The van der Waals surface area contributed by atoms with E-state index >= 15 is 0 Å². The van der Waals surface area contributed by atoms with Crippen molar-refractivity contribution in [3.63, 3.8) is 0 Å². The van der Waals surface area contributed by atoms with Gasteiger partial charge in [0, 0.05) is 18.2 Å². The molecule has 8 heteroatoms. The fourth-order valence-electron chi connectivity index (χ4n) is 3.34. The molecule has 0 saturated heterocycles. The lowest BCUT2D eigenvalue weighted by atomic mass is 9.86. The van der Waals surface area contributed by atoms with Gasteiger partial charge in [0.1, 0.15) is 5.69 Å². The van der Waals surface area contributed by atoms with Gasteiger partial charge >= 0.3 is 5.97 Å². The average Bonchev–Trinajstić information content (AvgIpc) is 3.10.